The summed E-state index contributed by atoms with van der Waals surface area (Å²) in [6.07, 6.45) is 4.00. The van der Waals surface area contributed by atoms with Crippen molar-refractivity contribution in [3.05, 3.63) is 27.8 Å². The number of rotatable bonds is 5. The van der Waals surface area contributed by atoms with Crippen molar-refractivity contribution in [2.45, 2.75) is 45.6 Å². The molecule has 23 heavy (non-hydrogen) atoms. The minimum Gasteiger partial charge on any atom is -0.493 e. The number of nitrogen functional groups attached to an aromatic ring is 1. The summed E-state index contributed by atoms with van der Waals surface area (Å²) in [5, 5.41) is 14.0. The molecule has 0 unspecified atom stereocenters. The molecule has 0 aromatic heterocycles. The van der Waals surface area contributed by atoms with Crippen molar-refractivity contribution in [1.82, 2.24) is 5.32 Å². The summed E-state index contributed by atoms with van der Waals surface area (Å²) in [6.45, 7) is 4.33. The first kappa shape index (κ1) is 17.1. The van der Waals surface area contributed by atoms with Crippen LogP contribution in [0, 0.1) is 16.0 Å². The molecule has 0 aliphatic heterocycles. The molecule has 1 fully saturated rings. The molecule has 0 saturated heterocycles. The van der Waals surface area contributed by atoms with Crippen LogP contribution in [0.4, 0.5) is 11.4 Å². The lowest BCUT2D eigenvalue weighted by molar-refractivity contribution is -0.383. The predicted molar refractivity (Wildman–Crippen MR) is 87.6 cm³/mol. The Morgan fingerprint density at radius 2 is 2.04 bits per heavy atom. The van der Waals surface area contributed by atoms with E-state index in [1.54, 1.807) is 6.92 Å². The van der Waals surface area contributed by atoms with Crippen LogP contribution in [-0.2, 0) is 0 Å². The second-order valence-corrected chi connectivity index (χ2v) is 6.03. The number of carbonyl (C=O) groups is 1. The number of benzene rings is 1. The van der Waals surface area contributed by atoms with Gasteiger partial charge in [-0.25, -0.2) is 0 Å². The number of hydrogen-bond acceptors (Lipinski definition) is 5. The zero-order chi connectivity index (χ0) is 17.0. The molecule has 1 aliphatic carbocycles. The molecule has 0 spiro atoms. The molecule has 0 bridgehead atoms. The third kappa shape index (κ3) is 4.12. The minimum absolute atomic E-state index is 0.0125. The van der Waals surface area contributed by atoms with E-state index < -0.39 is 4.92 Å². The van der Waals surface area contributed by atoms with E-state index in [9.17, 15) is 14.9 Å². The number of amides is 1. The van der Waals surface area contributed by atoms with E-state index in [-0.39, 0.29) is 34.6 Å². The lowest BCUT2D eigenvalue weighted by Crippen LogP contribution is -2.37. The normalized spacial score (nSPS) is 20.8. The number of nitrogens with zero attached hydrogens (tertiary/aromatic N) is 1. The van der Waals surface area contributed by atoms with Gasteiger partial charge < -0.3 is 15.8 Å². The molecule has 0 atom stereocenters. The Bertz CT molecular complexity index is 595. The van der Waals surface area contributed by atoms with Crippen LogP contribution in [0.15, 0.2) is 12.1 Å². The molecule has 7 heteroatoms. The first-order valence-electron chi connectivity index (χ1n) is 7.94. The Morgan fingerprint density at radius 1 is 1.39 bits per heavy atom. The van der Waals surface area contributed by atoms with E-state index in [1.807, 2.05) is 0 Å². The number of ether oxygens (including phenoxy) is 1. The van der Waals surface area contributed by atoms with Gasteiger partial charge in [-0.2, -0.15) is 0 Å². The van der Waals surface area contributed by atoms with Gasteiger partial charge in [-0.1, -0.05) is 6.92 Å². The fraction of sp³-hybridized carbons (Fsp3) is 0.562. The van der Waals surface area contributed by atoms with Gasteiger partial charge in [0.1, 0.15) is 11.4 Å². The van der Waals surface area contributed by atoms with Crippen LogP contribution in [0.1, 0.15) is 49.9 Å². The zero-order valence-corrected chi connectivity index (χ0v) is 13.5. The molecule has 1 saturated carbocycles. The van der Waals surface area contributed by atoms with E-state index in [4.69, 9.17) is 10.5 Å². The molecular formula is C16H23N3O4. The monoisotopic (exact) mass is 321 g/mol. The molecule has 1 aromatic carbocycles. The third-order valence-corrected chi connectivity index (χ3v) is 4.22. The lowest BCUT2D eigenvalue weighted by Gasteiger charge is -2.27. The summed E-state index contributed by atoms with van der Waals surface area (Å²) in [5.41, 5.74) is 5.53. The van der Waals surface area contributed by atoms with Crippen molar-refractivity contribution in [3.8, 4) is 5.75 Å². The number of nitro benzene ring substituents is 1. The summed E-state index contributed by atoms with van der Waals surface area (Å²) in [4.78, 5) is 23.0. The summed E-state index contributed by atoms with van der Waals surface area (Å²) in [5.74, 6) is 0.605. The maximum Gasteiger partial charge on any atom is 0.293 e. The second kappa shape index (κ2) is 7.30. The molecule has 7 nitrogen and oxygen atoms in total. The summed E-state index contributed by atoms with van der Waals surface area (Å²) < 4.78 is 5.42. The average molecular weight is 321 g/mol. The van der Waals surface area contributed by atoms with Crippen molar-refractivity contribution in [2.75, 3.05) is 12.3 Å². The van der Waals surface area contributed by atoms with Gasteiger partial charge in [-0.15, -0.1) is 0 Å². The van der Waals surface area contributed by atoms with E-state index in [1.165, 1.54) is 12.1 Å². The van der Waals surface area contributed by atoms with Crippen LogP contribution >= 0.6 is 0 Å². The van der Waals surface area contributed by atoms with Crippen molar-refractivity contribution < 1.29 is 14.5 Å². The summed E-state index contributed by atoms with van der Waals surface area (Å²) in [7, 11) is 0. The Hall–Kier alpha value is -2.31. The third-order valence-electron chi connectivity index (χ3n) is 4.22. The highest BCUT2D eigenvalue weighted by Crippen LogP contribution is 2.31. The number of nitrogens with two attached hydrogens (primary N) is 1. The SMILES string of the molecule is CCOc1cc(N)c([N+](=O)[O-])cc1C(=O)NC1CCC(C)CC1. The summed E-state index contributed by atoms with van der Waals surface area (Å²) >= 11 is 0. The first-order valence-corrected chi connectivity index (χ1v) is 7.94. The van der Waals surface area contributed by atoms with Crippen LogP contribution in [0.2, 0.25) is 0 Å². The van der Waals surface area contributed by atoms with E-state index in [0.717, 1.165) is 25.7 Å². The van der Waals surface area contributed by atoms with E-state index in [2.05, 4.69) is 12.2 Å². The fourth-order valence-electron chi connectivity index (χ4n) is 2.86. The molecule has 0 heterocycles. The molecule has 1 aromatic rings. The highest BCUT2D eigenvalue weighted by atomic mass is 16.6. The molecule has 0 radical (unpaired) electrons. The smallest absolute Gasteiger partial charge is 0.293 e. The van der Waals surface area contributed by atoms with Crippen molar-refractivity contribution in [2.24, 2.45) is 5.92 Å². The average Bonchev–Trinajstić information content (AvgIpc) is 2.49. The number of nitrogens with one attached hydrogen (secondary N) is 1. The number of hydrogen-bond donors (Lipinski definition) is 2. The Kier molecular flexibility index (Phi) is 5.41. The lowest BCUT2D eigenvalue weighted by atomic mass is 9.87. The quantitative estimate of drug-likeness (QED) is 0.492. The standard InChI is InChI=1S/C16H23N3O4/c1-3-23-15-9-13(17)14(19(21)22)8-12(15)16(20)18-11-6-4-10(2)5-7-11/h8-11H,3-7,17H2,1-2H3,(H,18,20). The Morgan fingerprint density at radius 3 is 2.61 bits per heavy atom. The largest absolute Gasteiger partial charge is 0.493 e. The van der Waals surface area contributed by atoms with E-state index >= 15 is 0 Å². The number of anilines is 1. The van der Waals surface area contributed by atoms with Gasteiger partial charge in [0, 0.05) is 18.2 Å². The Balaban J connectivity index is 2.23. The van der Waals surface area contributed by atoms with Crippen LogP contribution in [-0.4, -0.2) is 23.5 Å². The number of nitro groups is 1. The topological polar surface area (TPSA) is 107 Å². The van der Waals surface area contributed by atoms with Gasteiger partial charge in [-0.05, 0) is 38.5 Å². The highest BCUT2D eigenvalue weighted by molar-refractivity contribution is 5.98. The Labute approximate surface area is 135 Å². The van der Waals surface area contributed by atoms with Gasteiger partial charge in [-0.3, -0.25) is 14.9 Å². The van der Waals surface area contributed by atoms with Gasteiger partial charge in [0.15, 0.2) is 0 Å². The maximum absolute atomic E-state index is 12.5. The van der Waals surface area contributed by atoms with Crippen LogP contribution < -0.4 is 15.8 Å². The molecule has 1 amide bonds. The van der Waals surface area contributed by atoms with Crippen LogP contribution in [0.5, 0.6) is 5.75 Å². The predicted octanol–water partition coefficient (Wildman–Crippen LogP) is 2.88. The molecule has 126 valence electrons. The second-order valence-electron chi connectivity index (χ2n) is 6.03. The van der Waals surface area contributed by atoms with E-state index in [0.29, 0.717) is 12.5 Å². The van der Waals surface area contributed by atoms with Crippen molar-refractivity contribution in [1.29, 1.82) is 0 Å². The molecule has 3 N–H and O–H groups in total. The summed E-state index contributed by atoms with van der Waals surface area (Å²) in [6, 6.07) is 2.64. The zero-order valence-electron chi connectivity index (χ0n) is 13.5. The van der Waals surface area contributed by atoms with Crippen LogP contribution in [0.3, 0.4) is 0 Å². The van der Waals surface area contributed by atoms with Gasteiger partial charge in [0.05, 0.1) is 17.1 Å². The minimum atomic E-state index is -0.593. The first-order chi connectivity index (χ1) is 10.9. The maximum atomic E-state index is 12.5. The molecular weight excluding hydrogens is 298 g/mol. The van der Waals surface area contributed by atoms with Gasteiger partial charge >= 0.3 is 0 Å². The van der Waals surface area contributed by atoms with Gasteiger partial charge in [0.25, 0.3) is 11.6 Å². The molecule has 1 aliphatic rings. The number of carbonyl (C=O) groups excluding carboxylic acids is 1. The van der Waals surface area contributed by atoms with Crippen molar-refractivity contribution in [3.63, 3.8) is 0 Å². The highest BCUT2D eigenvalue weighted by Gasteiger charge is 2.25. The van der Waals surface area contributed by atoms with Crippen LogP contribution in [0.25, 0.3) is 0 Å². The fourth-order valence-corrected chi connectivity index (χ4v) is 2.86. The molecule has 2 rings (SSSR count). The van der Waals surface area contributed by atoms with Gasteiger partial charge in [0.2, 0.25) is 0 Å². The van der Waals surface area contributed by atoms with Crippen molar-refractivity contribution >= 4 is 17.3 Å².